The Morgan fingerprint density at radius 3 is 2.82 bits per heavy atom. The zero-order valence-electron chi connectivity index (χ0n) is 6.55. The lowest BCUT2D eigenvalue weighted by Crippen LogP contribution is -1.99. The number of aromatic amines is 1. The molecule has 0 spiro atoms. The average molecular weight is 150 g/mol. The highest BCUT2D eigenvalue weighted by Crippen LogP contribution is 1.92. The van der Waals surface area contributed by atoms with Crippen molar-refractivity contribution in [2.45, 2.75) is 13.8 Å². The van der Waals surface area contributed by atoms with Crippen LogP contribution < -0.4 is 0 Å². The van der Waals surface area contributed by atoms with E-state index in [0.29, 0.717) is 5.84 Å². The summed E-state index contributed by atoms with van der Waals surface area (Å²) in [7, 11) is 0. The summed E-state index contributed by atoms with van der Waals surface area (Å²) in [5.74, 6) is 1.01. The largest absolute Gasteiger partial charge is 0.344 e. The van der Waals surface area contributed by atoms with Gasteiger partial charge in [-0.3, -0.25) is 5.41 Å². The van der Waals surface area contributed by atoms with Gasteiger partial charge in [0, 0.05) is 12.4 Å². The Balaban J connectivity index is 2.86. The summed E-state index contributed by atoms with van der Waals surface area (Å²) in [6, 6.07) is 0. The van der Waals surface area contributed by atoms with Gasteiger partial charge in [0.15, 0.2) is 5.82 Å². The quantitative estimate of drug-likeness (QED) is 0.458. The Hall–Kier alpha value is -1.45. The molecule has 11 heavy (non-hydrogen) atoms. The number of nitrogens with one attached hydrogen (secondary N) is 2. The van der Waals surface area contributed by atoms with Crippen LogP contribution in [-0.2, 0) is 0 Å². The third-order valence-electron chi connectivity index (χ3n) is 1.18. The van der Waals surface area contributed by atoms with E-state index in [1.54, 1.807) is 19.3 Å². The summed E-state index contributed by atoms with van der Waals surface area (Å²) in [6.07, 6.45) is 3.39. The van der Waals surface area contributed by atoms with Crippen LogP contribution in [0.25, 0.3) is 0 Å². The average Bonchev–Trinajstić information content (AvgIpc) is 2.35. The first-order valence-electron chi connectivity index (χ1n) is 3.30. The number of H-pyrrole nitrogens is 1. The standard InChI is InChI=1S/C7H10N4/c1-5(11-6(2)8)7-9-3-4-10-7/h3-4,8H,1-2H3,(H,9,10). The molecule has 1 heterocycles. The second-order valence-electron chi connectivity index (χ2n) is 2.22. The van der Waals surface area contributed by atoms with E-state index in [1.807, 2.05) is 6.92 Å². The van der Waals surface area contributed by atoms with Gasteiger partial charge < -0.3 is 4.98 Å². The van der Waals surface area contributed by atoms with Crippen molar-refractivity contribution in [2.75, 3.05) is 0 Å². The molecule has 0 aromatic carbocycles. The molecule has 0 aliphatic rings. The van der Waals surface area contributed by atoms with Crippen LogP contribution in [0.3, 0.4) is 0 Å². The summed E-state index contributed by atoms with van der Waals surface area (Å²) < 4.78 is 0. The van der Waals surface area contributed by atoms with Crippen molar-refractivity contribution in [3.63, 3.8) is 0 Å². The molecule has 4 heteroatoms. The highest BCUT2D eigenvalue weighted by Gasteiger charge is 1.97. The molecule has 1 rings (SSSR count). The van der Waals surface area contributed by atoms with E-state index in [2.05, 4.69) is 15.0 Å². The first kappa shape index (κ1) is 7.65. The molecule has 2 N–H and O–H groups in total. The van der Waals surface area contributed by atoms with Crippen LogP contribution in [0.2, 0.25) is 0 Å². The van der Waals surface area contributed by atoms with Crippen molar-refractivity contribution in [3.8, 4) is 0 Å². The minimum absolute atomic E-state index is 0.291. The SMILES string of the molecule is CC(=N)N=C(C)c1ncc[nH]1. The lowest BCUT2D eigenvalue weighted by atomic mass is 10.4. The summed E-state index contributed by atoms with van der Waals surface area (Å²) in [4.78, 5) is 10.8. The first-order valence-corrected chi connectivity index (χ1v) is 3.30. The lowest BCUT2D eigenvalue weighted by molar-refractivity contribution is 1.24. The number of hydrogen-bond donors (Lipinski definition) is 2. The molecule has 0 amide bonds. The van der Waals surface area contributed by atoms with Gasteiger partial charge in [0.1, 0.15) is 5.84 Å². The molecule has 0 aliphatic heterocycles. The lowest BCUT2D eigenvalue weighted by Gasteiger charge is -1.92. The second kappa shape index (κ2) is 3.09. The highest BCUT2D eigenvalue weighted by atomic mass is 14.9. The molecule has 0 aliphatic carbocycles. The zero-order chi connectivity index (χ0) is 8.27. The maximum atomic E-state index is 7.10. The molecule has 1 aromatic rings. The molecule has 0 saturated carbocycles. The molecule has 4 nitrogen and oxygen atoms in total. The van der Waals surface area contributed by atoms with Crippen LogP contribution in [0.4, 0.5) is 0 Å². The topological polar surface area (TPSA) is 64.9 Å². The van der Waals surface area contributed by atoms with Crippen molar-refractivity contribution in [1.29, 1.82) is 5.41 Å². The van der Waals surface area contributed by atoms with E-state index < -0.39 is 0 Å². The maximum absolute atomic E-state index is 7.10. The van der Waals surface area contributed by atoms with E-state index in [4.69, 9.17) is 5.41 Å². The van der Waals surface area contributed by atoms with Crippen LogP contribution in [-0.4, -0.2) is 21.5 Å². The number of aromatic nitrogens is 2. The molecule has 1 aromatic heterocycles. The van der Waals surface area contributed by atoms with Gasteiger partial charge in [-0.15, -0.1) is 0 Å². The Labute approximate surface area is 64.9 Å². The fraction of sp³-hybridized carbons (Fsp3) is 0.286. The van der Waals surface area contributed by atoms with Crippen molar-refractivity contribution in [1.82, 2.24) is 9.97 Å². The zero-order valence-corrected chi connectivity index (χ0v) is 6.55. The summed E-state index contributed by atoms with van der Waals surface area (Å²) >= 11 is 0. The van der Waals surface area contributed by atoms with Crippen molar-refractivity contribution in [3.05, 3.63) is 18.2 Å². The fourth-order valence-electron chi connectivity index (χ4n) is 0.768. The molecular weight excluding hydrogens is 140 g/mol. The molecule has 0 saturated heterocycles. The number of imidazole rings is 1. The third-order valence-corrected chi connectivity index (χ3v) is 1.18. The molecule has 0 fully saturated rings. The van der Waals surface area contributed by atoms with E-state index >= 15 is 0 Å². The molecule has 58 valence electrons. The Kier molecular flexibility index (Phi) is 2.15. The van der Waals surface area contributed by atoms with Gasteiger partial charge in [0.2, 0.25) is 0 Å². The smallest absolute Gasteiger partial charge is 0.151 e. The summed E-state index contributed by atoms with van der Waals surface area (Å²) in [5.41, 5.74) is 0.738. The van der Waals surface area contributed by atoms with Gasteiger partial charge in [0.25, 0.3) is 0 Å². The number of rotatable bonds is 1. The summed E-state index contributed by atoms with van der Waals surface area (Å²) in [5, 5.41) is 7.10. The number of nitrogens with zero attached hydrogens (tertiary/aromatic N) is 2. The van der Waals surface area contributed by atoms with Gasteiger partial charge in [0.05, 0.1) is 5.71 Å². The Bertz CT molecular complexity index is 271. The molecular formula is C7H10N4. The third kappa shape index (κ3) is 2.00. The van der Waals surface area contributed by atoms with E-state index in [0.717, 1.165) is 11.5 Å². The first-order chi connectivity index (χ1) is 5.20. The van der Waals surface area contributed by atoms with Gasteiger partial charge >= 0.3 is 0 Å². The van der Waals surface area contributed by atoms with Crippen LogP contribution in [0.1, 0.15) is 19.7 Å². The second-order valence-corrected chi connectivity index (χ2v) is 2.22. The van der Waals surface area contributed by atoms with Crippen LogP contribution >= 0.6 is 0 Å². The minimum atomic E-state index is 0.291. The Morgan fingerprint density at radius 1 is 1.64 bits per heavy atom. The molecule has 0 bridgehead atoms. The van der Waals surface area contributed by atoms with Crippen molar-refractivity contribution >= 4 is 11.5 Å². The van der Waals surface area contributed by atoms with Gasteiger partial charge in [-0.1, -0.05) is 0 Å². The predicted molar refractivity (Wildman–Crippen MR) is 44.2 cm³/mol. The van der Waals surface area contributed by atoms with Crippen LogP contribution in [0.5, 0.6) is 0 Å². The normalized spacial score (nSPS) is 11.6. The predicted octanol–water partition coefficient (Wildman–Crippen LogP) is 1.22. The van der Waals surface area contributed by atoms with Crippen LogP contribution in [0.15, 0.2) is 17.4 Å². The molecule has 0 unspecified atom stereocenters. The minimum Gasteiger partial charge on any atom is -0.344 e. The number of amidine groups is 1. The van der Waals surface area contributed by atoms with Crippen molar-refractivity contribution < 1.29 is 0 Å². The van der Waals surface area contributed by atoms with E-state index in [1.165, 1.54) is 0 Å². The van der Waals surface area contributed by atoms with Crippen molar-refractivity contribution in [2.24, 2.45) is 4.99 Å². The highest BCUT2D eigenvalue weighted by molar-refractivity contribution is 6.02. The molecule has 0 radical (unpaired) electrons. The fourth-order valence-corrected chi connectivity index (χ4v) is 0.768. The Morgan fingerprint density at radius 2 is 2.36 bits per heavy atom. The maximum Gasteiger partial charge on any atom is 0.151 e. The summed E-state index contributed by atoms with van der Waals surface area (Å²) in [6.45, 7) is 3.45. The number of aliphatic imine (C=N–C) groups is 1. The van der Waals surface area contributed by atoms with Gasteiger partial charge in [-0.25, -0.2) is 9.98 Å². The van der Waals surface area contributed by atoms with E-state index in [-0.39, 0.29) is 0 Å². The van der Waals surface area contributed by atoms with Gasteiger partial charge in [-0.2, -0.15) is 0 Å². The van der Waals surface area contributed by atoms with Crippen LogP contribution in [0, 0.1) is 5.41 Å². The van der Waals surface area contributed by atoms with E-state index in [9.17, 15) is 0 Å². The molecule has 0 atom stereocenters. The monoisotopic (exact) mass is 150 g/mol. The van der Waals surface area contributed by atoms with Gasteiger partial charge in [-0.05, 0) is 13.8 Å². The number of hydrogen-bond acceptors (Lipinski definition) is 2.